The van der Waals surface area contributed by atoms with Gasteiger partial charge in [0.2, 0.25) is 6.61 Å². The van der Waals surface area contributed by atoms with E-state index in [4.69, 9.17) is 9.94 Å². The molecule has 0 amide bonds. The summed E-state index contributed by atoms with van der Waals surface area (Å²) in [5, 5.41) is 34.5. The van der Waals surface area contributed by atoms with Gasteiger partial charge in [-0.05, 0) is 93.0 Å². The molecular formula is C24H37NO5. The summed E-state index contributed by atoms with van der Waals surface area (Å²) < 4.78 is 0. The second-order valence-corrected chi connectivity index (χ2v) is 10.8. The van der Waals surface area contributed by atoms with Gasteiger partial charge in [-0.3, -0.25) is 0 Å². The zero-order valence-electron chi connectivity index (χ0n) is 18.3. The molecule has 4 rings (SSSR count). The first-order valence-corrected chi connectivity index (χ1v) is 11.6. The van der Waals surface area contributed by atoms with E-state index in [1.807, 2.05) is 6.08 Å². The predicted molar refractivity (Wildman–Crippen MR) is 114 cm³/mol. The van der Waals surface area contributed by atoms with Crippen molar-refractivity contribution in [3.05, 3.63) is 12.2 Å². The number of fused-ring (bicyclic) bond motifs is 5. The van der Waals surface area contributed by atoms with Gasteiger partial charge in [-0.15, -0.1) is 0 Å². The van der Waals surface area contributed by atoms with Gasteiger partial charge in [0.25, 0.3) is 0 Å². The summed E-state index contributed by atoms with van der Waals surface area (Å²) in [5.74, 6) is 0.731. The minimum atomic E-state index is -1.04. The minimum absolute atomic E-state index is 0.140. The van der Waals surface area contributed by atoms with Gasteiger partial charge in [-0.1, -0.05) is 25.1 Å². The van der Waals surface area contributed by atoms with Crippen LogP contribution in [-0.2, 0) is 9.63 Å². The molecule has 4 aliphatic carbocycles. The fraction of sp³-hybridized carbons (Fsp3) is 0.833. The fourth-order valence-electron chi connectivity index (χ4n) is 7.91. The molecule has 0 saturated heterocycles. The number of aliphatic carboxylic acids is 1. The van der Waals surface area contributed by atoms with Gasteiger partial charge in [0, 0.05) is 5.41 Å². The van der Waals surface area contributed by atoms with Crippen molar-refractivity contribution in [2.75, 3.05) is 6.61 Å². The Labute approximate surface area is 179 Å². The quantitative estimate of drug-likeness (QED) is 0.465. The Kier molecular flexibility index (Phi) is 5.77. The first-order valence-electron chi connectivity index (χ1n) is 11.6. The van der Waals surface area contributed by atoms with Crippen molar-refractivity contribution in [1.82, 2.24) is 0 Å². The fourth-order valence-corrected chi connectivity index (χ4v) is 7.91. The van der Waals surface area contributed by atoms with E-state index >= 15 is 0 Å². The highest BCUT2D eigenvalue weighted by molar-refractivity contribution is 5.71. The van der Waals surface area contributed by atoms with Crippen molar-refractivity contribution in [2.24, 2.45) is 39.7 Å². The second kappa shape index (κ2) is 7.94. The van der Waals surface area contributed by atoms with Crippen LogP contribution in [0.3, 0.4) is 0 Å². The lowest BCUT2D eigenvalue weighted by molar-refractivity contribution is -0.207. The molecular weight excluding hydrogens is 382 g/mol. The van der Waals surface area contributed by atoms with E-state index in [1.54, 1.807) is 0 Å². The Hall–Kier alpha value is -1.40. The summed E-state index contributed by atoms with van der Waals surface area (Å²) >= 11 is 0. The van der Waals surface area contributed by atoms with Crippen molar-refractivity contribution < 1.29 is 25.0 Å². The SMILES string of the molecule is C[C@]12CC[C@H](O)C[C@H]1CC[C@@H]1[C@@H]2CC[C@]2(C)[C@@H](/C=C/C=N\OCC(=O)O)CC[C@]12O. The molecule has 0 aromatic rings. The van der Waals surface area contributed by atoms with Gasteiger partial charge in [0.05, 0.1) is 17.9 Å². The highest BCUT2D eigenvalue weighted by Gasteiger charge is 2.66. The molecule has 3 N–H and O–H groups in total. The average molecular weight is 420 g/mol. The summed E-state index contributed by atoms with van der Waals surface area (Å²) in [4.78, 5) is 15.2. The summed E-state index contributed by atoms with van der Waals surface area (Å²) in [7, 11) is 0. The third-order valence-electron chi connectivity index (χ3n) is 9.65. The van der Waals surface area contributed by atoms with Crippen LogP contribution in [-0.4, -0.2) is 45.8 Å². The molecule has 6 nitrogen and oxygen atoms in total. The lowest BCUT2D eigenvalue weighted by Crippen LogP contribution is -2.62. The predicted octanol–water partition coefficient (Wildman–Crippen LogP) is 3.76. The summed E-state index contributed by atoms with van der Waals surface area (Å²) in [6.45, 7) is 4.26. The zero-order valence-corrected chi connectivity index (χ0v) is 18.3. The van der Waals surface area contributed by atoms with Gasteiger partial charge >= 0.3 is 5.97 Å². The van der Waals surface area contributed by atoms with Crippen LogP contribution in [0.4, 0.5) is 0 Å². The van der Waals surface area contributed by atoms with Crippen LogP contribution in [0.1, 0.15) is 71.6 Å². The molecule has 0 heterocycles. The Balaban J connectivity index is 1.48. The highest BCUT2D eigenvalue weighted by atomic mass is 16.6. The molecule has 6 heteroatoms. The topological polar surface area (TPSA) is 99.4 Å². The number of aliphatic hydroxyl groups is 2. The van der Waals surface area contributed by atoms with Crippen LogP contribution in [0.5, 0.6) is 0 Å². The number of hydrogen-bond donors (Lipinski definition) is 3. The van der Waals surface area contributed by atoms with Gasteiger partial charge < -0.3 is 20.2 Å². The van der Waals surface area contributed by atoms with Crippen molar-refractivity contribution in [3.63, 3.8) is 0 Å². The third-order valence-corrected chi connectivity index (χ3v) is 9.65. The molecule has 0 bridgehead atoms. The number of carboxylic acid groups (broad SMARTS) is 1. The van der Waals surface area contributed by atoms with Crippen LogP contribution < -0.4 is 0 Å². The van der Waals surface area contributed by atoms with Crippen molar-refractivity contribution in [1.29, 1.82) is 0 Å². The standard InChI is InChI=1S/C24H37NO5/c1-22-10-8-18(26)14-17(22)5-6-20-19(22)9-11-23(2)16(7-12-24(20,23)29)4-3-13-25-30-15-21(27)28/h3-4,13,16-20,26,29H,5-12,14-15H2,1-2H3,(H,27,28)/b4-3+,25-13-/t16-,17+,18-,19-,20+,22-,23+,24-/m0/s1. The lowest BCUT2D eigenvalue weighted by Gasteiger charge is -2.63. The number of allylic oxidation sites excluding steroid dienone is 2. The normalized spacial score (nSPS) is 48.3. The van der Waals surface area contributed by atoms with Crippen LogP contribution in [0.2, 0.25) is 0 Å². The molecule has 168 valence electrons. The van der Waals surface area contributed by atoms with E-state index in [2.05, 4.69) is 25.1 Å². The Morgan fingerprint density at radius 1 is 1.10 bits per heavy atom. The number of nitrogens with zero attached hydrogens (tertiary/aromatic N) is 1. The van der Waals surface area contributed by atoms with E-state index in [0.717, 1.165) is 57.8 Å². The summed E-state index contributed by atoms with van der Waals surface area (Å²) in [5.41, 5.74) is -0.523. The molecule has 0 spiro atoms. The van der Waals surface area contributed by atoms with Gasteiger partial charge in [-0.2, -0.15) is 0 Å². The average Bonchev–Trinajstić information content (AvgIpc) is 2.96. The number of rotatable bonds is 5. The summed E-state index contributed by atoms with van der Waals surface area (Å²) in [6, 6.07) is 0. The smallest absolute Gasteiger partial charge is 0.344 e. The van der Waals surface area contributed by atoms with Crippen LogP contribution in [0.15, 0.2) is 17.3 Å². The number of aliphatic hydroxyl groups excluding tert-OH is 1. The zero-order chi connectivity index (χ0) is 21.6. The Morgan fingerprint density at radius 3 is 2.67 bits per heavy atom. The van der Waals surface area contributed by atoms with E-state index in [0.29, 0.717) is 17.8 Å². The molecule has 0 aromatic heterocycles. The van der Waals surface area contributed by atoms with E-state index in [9.17, 15) is 15.0 Å². The molecule has 30 heavy (non-hydrogen) atoms. The van der Waals surface area contributed by atoms with E-state index in [1.165, 1.54) is 6.21 Å². The van der Waals surface area contributed by atoms with Crippen molar-refractivity contribution >= 4 is 12.2 Å². The van der Waals surface area contributed by atoms with Crippen LogP contribution in [0, 0.1) is 34.5 Å². The molecule has 4 aliphatic rings. The molecule has 4 fully saturated rings. The van der Waals surface area contributed by atoms with E-state index < -0.39 is 18.2 Å². The maximum Gasteiger partial charge on any atom is 0.344 e. The van der Waals surface area contributed by atoms with Gasteiger partial charge in [-0.25, -0.2) is 4.79 Å². The maximum atomic E-state index is 12.1. The first kappa shape index (κ1) is 21.8. The Bertz CT molecular complexity index is 722. The third kappa shape index (κ3) is 3.40. The second-order valence-electron chi connectivity index (χ2n) is 10.8. The largest absolute Gasteiger partial charge is 0.479 e. The molecule has 0 unspecified atom stereocenters. The van der Waals surface area contributed by atoms with Gasteiger partial charge in [0.15, 0.2) is 0 Å². The highest BCUT2D eigenvalue weighted by Crippen LogP contribution is 2.69. The lowest BCUT2D eigenvalue weighted by atomic mass is 9.43. The molecule has 8 atom stereocenters. The Morgan fingerprint density at radius 2 is 1.90 bits per heavy atom. The number of carboxylic acids is 1. The monoisotopic (exact) mass is 419 g/mol. The number of hydrogen-bond acceptors (Lipinski definition) is 5. The maximum absolute atomic E-state index is 12.1. The van der Waals surface area contributed by atoms with Gasteiger partial charge in [0.1, 0.15) is 0 Å². The summed E-state index contributed by atoms with van der Waals surface area (Å²) in [6.07, 6.45) is 14.4. The van der Waals surface area contributed by atoms with Crippen molar-refractivity contribution in [2.45, 2.75) is 83.3 Å². The van der Waals surface area contributed by atoms with Crippen LogP contribution >= 0.6 is 0 Å². The molecule has 4 saturated carbocycles. The van der Waals surface area contributed by atoms with Crippen LogP contribution in [0.25, 0.3) is 0 Å². The first-order chi connectivity index (χ1) is 14.2. The number of oxime groups is 1. The van der Waals surface area contributed by atoms with Crippen molar-refractivity contribution in [3.8, 4) is 0 Å². The van der Waals surface area contributed by atoms with E-state index in [-0.39, 0.29) is 22.9 Å². The number of carbonyl (C=O) groups is 1. The molecule has 0 aliphatic heterocycles. The minimum Gasteiger partial charge on any atom is -0.479 e. The molecule has 0 aromatic carbocycles. The molecule has 0 radical (unpaired) electrons.